The molecule has 0 saturated heterocycles. The van der Waals surface area contributed by atoms with E-state index < -0.39 is 16.9 Å². The van der Waals surface area contributed by atoms with Crippen LogP contribution >= 0.6 is 11.6 Å². The number of alkyl halides is 3. The quantitative estimate of drug-likeness (QED) is 0.701. The first-order valence-corrected chi connectivity index (χ1v) is 6.39. The van der Waals surface area contributed by atoms with E-state index in [2.05, 4.69) is 15.3 Å². The highest BCUT2D eigenvalue weighted by Crippen LogP contribution is 2.34. The standard InChI is InChI=1S/C14H9ClF3N3/c15-10-3-4-12(21-13(10)14(16,17)18)20-9-2-1-8-5-6-19-11(8)7-9/h1-7,19H,(H,20,21). The van der Waals surface area contributed by atoms with E-state index in [0.29, 0.717) is 5.69 Å². The number of benzene rings is 1. The van der Waals surface area contributed by atoms with E-state index in [0.717, 1.165) is 10.9 Å². The molecule has 0 amide bonds. The minimum absolute atomic E-state index is 0.0811. The first-order chi connectivity index (χ1) is 9.93. The van der Waals surface area contributed by atoms with Crippen LogP contribution in [0.4, 0.5) is 24.7 Å². The minimum Gasteiger partial charge on any atom is -0.361 e. The number of fused-ring (bicyclic) bond motifs is 1. The zero-order valence-electron chi connectivity index (χ0n) is 10.5. The Balaban J connectivity index is 1.94. The molecule has 21 heavy (non-hydrogen) atoms. The highest BCUT2D eigenvalue weighted by Gasteiger charge is 2.35. The molecular weight excluding hydrogens is 303 g/mol. The Morgan fingerprint density at radius 2 is 1.90 bits per heavy atom. The van der Waals surface area contributed by atoms with Crippen LogP contribution in [0.3, 0.4) is 0 Å². The molecule has 7 heteroatoms. The van der Waals surface area contributed by atoms with E-state index in [1.165, 1.54) is 12.1 Å². The average molecular weight is 312 g/mol. The number of aromatic amines is 1. The van der Waals surface area contributed by atoms with Crippen molar-refractivity contribution in [1.29, 1.82) is 0 Å². The third-order valence-corrected chi connectivity index (χ3v) is 3.25. The number of hydrogen-bond acceptors (Lipinski definition) is 2. The lowest BCUT2D eigenvalue weighted by molar-refractivity contribution is -0.140. The fourth-order valence-corrected chi connectivity index (χ4v) is 2.20. The van der Waals surface area contributed by atoms with Crippen LogP contribution in [0, 0.1) is 0 Å². The van der Waals surface area contributed by atoms with Crippen molar-refractivity contribution in [1.82, 2.24) is 9.97 Å². The van der Waals surface area contributed by atoms with Gasteiger partial charge < -0.3 is 10.3 Å². The van der Waals surface area contributed by atoms with Crippen LogP contribution in [0.5, 0.6) is 0 Å². The number of nitrogens with zero attached hydrogens (tertiary/aromatic N) is 1. The first-order valence-electron chi connectivity index (χ1n) is 6.01. The largest absolute Gasteiger partial charge is 0.434 e. The van der Waals surface area contributed by atoms with E-state index >= 15 is 0 Å². The van der Waals surface area contributed by atoms with Gasteiger partial charge in [-0.15, -0.1) is 0 Å². The lowest BCUT2D eigenvalue weighted by atomic mass is 10.2. The molecule has 3 aromatic rings. The molecule has 108 valence electrons. The van der Waals surface area contributed by atoms with Gasteiger partial charge in [-0.2, -0.15) is 13.2 Å². The predicted octanol–water partition coefficient (Wildman–Crippen LogP) is 4.98. The number of nitrogens with one attached hydrogen (secondary N) is 2. The fourth-order valence-electron chi connectivity index (χ4n) is 1.98. The van der Waals surface area contributed by atoms with Gasteiger partial charge in [0.05, 0.1) is 5.02 Å². The summed E-state index contributed by atoms with van der Waals surface area (Å²) in [5.74, 6) is 0.0811. The number of H-pyrrole nitrogens is 1. The van der Waals surface area contributed by atoms with E-state index in [9.17, 15) is 13.2 Å². The van der Waals surface area contributed by atoms with Crippen LogP contribution in [-0.4, -0.2) is 9.97 Å². The van der Waals surface area contributed by atoms with Crippen LogP contribution in [0.25, 0.3) is 10.9 Å². The van der Waals surface area contributed by atoms with E-state index in [-0.39, 0.29) is 5.82 Å². The van der Waals surface area contributed by atoms with Crippen molar-refractivity contribution in [3.63, 3.8) is 0 Å². The van der Waals surface area contributed by atoms with Gasteiger partial charge in [0, 0.05) is 17.4 Å². The number of anilines is 2. The normalized spacial score (nSPS) is 11.8. The number of pyridine rings is 1. The molecule has 0 aliphatic rings. The topological polar surface area (TPSA) is 40.7 Å². The van der Waals surface area contributed by atoms with Crippen LogP contribution < -0.4 is 5.32 Å². The molecule has 0 unspecified atom stereocenters. The van der Waals surface area contributed by atoms with E-state index in [1.54, 1.807) is 18.3 Å². The molecule has 3 rings (SSSR count). The first kappa shape index (κ1) is 13.8. The van der Waals surface area contributed by atoms with Crippen LogP contribution in [0.1, 0.15) is 5.69 Å². The van der Waals surface area contributed by atoms with Gasteiger partial charge in [0.25, 0.3) is 0 Å². The summed E-state index contributed by atoms with van der Waals surface area (Å²) in [6.45, 7) is 0. The molecule has 0 saturated carbocycles. The zero-order chi connectivity index (χ0) is 15.0. The summed E-state index contributed by atoms with van der Waals surface area (Å²) < 4.78 is 38.3. The van der Waals surface area contributed by atoms with Gasteiger partial charge in [-0.05, 0) is 35.7 Å². The summed E-state index contributed by atoms with van der Waals surface area (Å²) >= 11 is 5.53. The Morgan fingerprint density at radius 3 is 2.67 bits per heavy atom. The molecule has 2 aromatic heterocycles. The maximum atomic E-state index is 12.8. The molecule has 2 N–H and O–H groups in total. The smallest absolute Gasteiger partial charge is 0.361 e. The molecule has 0 fully saturated rings. The molecule has 0 bridgehead atoms. The van der Waals surface area contributed by atoms with E-state index in [1.807, 2.05) is 12.1 Å². The Bertz CT molecular complexity index is 796. The van der Waals surface area contributed by atoms with Crippen LogP contribution in [0.15, 0.2) is 42.6 Å². The van der Waals surface area contributed by atoms with Crippen molar-refractivity contribution in [2.24, 2.45) is 0 Å². The van der Waals surface area contributed by atoms with Crippen molar-refractivity contribution in [3.8, 4) is 0 Å². The highest BCUT2D eigenvalue weighted by atomic mass is 35.5. The molecule has 0 radical (unpaired) electrons. The van der Waals surface area contributed by atoms with Gasteiger partial charge in [-0.1, -0.05) is 17.7 Å². The fraction of sp³-hybridized carbons (Fsp3) is 0.0714. The van der Waals surface area contributed by atoms with E-state index in [4.69, 9.17) is 11.6 Å². The molecule has 0 spiro atoms. The van der Waals surface area contributed by atoms with Crippen molar-refractivity contribution < 1.29 is 13.2 Å². The Hall–Kier alpha value is -2.21. The van der Waals surface area contributed by atoms with Gasteiger partial charge in [-0.3, -0.25) is 0 Å². The second kappa shape index (κ2) is 4.96. The monoisotopic (exact) mass is 311 g/mol. The molecule has 2 heterocycles. The highest BCUT2D eigenvalue weighted by molar-refractivity contribution is 6.31. The zero-order valence-corrected chi connectivity index (χ0v) is 11.3. The van der Waals surface area contributed by atoms with Crippen molar-refractivity contribution >= 4 is 34.0 Å². The third-order valence-electron chi connectivity index (χ3n) is 2.94. The van der Waals surface area contributed by atoms with Gasteiger partial charge >= 0.3 is 6.18 Å². The molecule has 1 aromatic carbocycles. The van der Waals surface area contributed by atoms with Crippen molar-refractivity contribution in [2.75, 3.05) is 5.32 Å². The second-order valence-corrected chi connectivity index (χ2v) is 4.84. The van der Waals surface area contributed by atoms with Gasteiger partial charge in [0.1, 0.15) is 5.82 Å². The molecular formula is C14H9ClF3N3. The van der Waals surface area contributed by atoms with Crippen LogP contribution in [-0.2, 0) is 6.18 Å². The Labute approximate surface area is 122 Å². The summed E-state index contributed by atoms with van der Waals surface area (Å²) in [6, 6.07) is 9.89. The van der Waals surface area contributed by atoms with Gasteiger partial charge in [-0.25, -0.2) is 4.98 Å². The number of rotatable bonds is 2. The summed E-state index contributed by atoms with van der Waals surface area (Å²) in [5.41, 5.74) is 0.410. The lowest BCUT2D eigenvalue weighted by Crippen LogP contribution is -2.10. The number of halogens is 4. The molecule has 0 aliphatic carbocycles. The van der Waals surface area contributed by atoms with Crippen LogP contribution in [0.2, 0.25) is 5.02 Å². The second-order valence-electron chi connectivity index (χ2n) is 4.43. The molecule has 3 nitrogen and oxygen atoms in total. The Morgan fingerprint density at radius 1 is 1.10 bits per heavy atom. The Kier molecular flexibility index (Phi) is 3.25. The maximum absolute atomic E-state index is 12.8. The summed E-state index contributed by atoms with van der Waals surface area (Å²) in [4.78, 5) is 6.56. The average Bonchev–Trinajstić information content (AvgIpc) is 2.87. The summed E-state index contributed by atoms with van der Waals surface area (Å²) in [6.07, 6.45) is -2.80. The van der Waals surface area contributed by atoms with Crippen molar-refractivity contribution in [3.05, 3.63) is 53.3 Å². The van der Waals surface area contributed by atoms with Gasteiger partial charge in [0.2, 0.25) is 0 Å². The van der Waals surface area contributed by atoms with Crippen molar-refractivity contribution in [2.45, 2.75) is 6.18 Å². The van der Waals surface area contributed by atoms with Gasteiger partial charge in [0.15, 0.2) is 5.69 Å². The minimum atomic E-state index is -4.59. The SMILES string of the molecule is FC(F)(F)c1nc(Nc2ccc3cc[nH]c3c2)ccc1Cl. The predicted molar refractivity (Wildman–Crippen MR) is 75.8 cm³/mol. The summed E-state index contributed by atoms with van der Waals surface area (Å²) in [5, 5.41) is 3.43. The lowest BCUT2D eigenvalue weighted by Gasteiger charge is -2.11. The summed E-state index contributed by atoms with van der Waals surface area (Å²) in [7, 11) is 0. The number of aromatic nitrogens is 2. The molecule has 0 atom stereocenters. The maximum Gasteiger partial charge on any atom is 0.434 e. The number of hydrogen-bond donors (Lipinski definition) is 2. The molecule has 0 aliphatic heterocycles. The third kappa shape index (κ3) is 2.80.